The van der Waals surface area contributed by atoms with Crippen LogP contribution in [0.15, 0.2) is 24.3 Å². The largest absolute Gasteiger partial charge is 0.378 e. The first-order valence-electron chi connectivity index (χ1n) is 7.17. The van der Waals surface area contributed by atoms with E-state index in [9.17, 15) is 13.2 Å². The van der Waals surface area contributed by atoms with E-state index >= 15 is 0 Å². The Balaban J connectivity index is 2.38. The van der Waals surface area contributed by atoms with Gasteiger partial charge in [0.2, 0.25) is 15.9 Å². The van der Waals surface area contributed by atoms with Crippen molar-refractivity contribution < 1.29 is 13.2 Å². The summed E-state index contributed by atoms with van der Waals surface area (Å²) in [6, 6.07) is 8.17. The van der Waals surface area contributed by atoms with Gasteiger partial charge >= 0.3 is 0 Å². The molecule has 2 N–H and O–H groups in total. The zero-order valence-corrected chi connectivity index (χ0v) is 14.4. The van der Waals surface area contributed by atoms with Gasteiger partial charge in [0.1, 0.15) is 0 Å². The van der Waals surface area contributed by atoms with Gasteiger partial charge in [0, 0.05) is 38.8 Å². The van der Waals surface area contributed by atoms with E-state index in [4.69, 9.17) is 0 Å². The first-order chi connectivity index (χ1) is 10.2. The molecule has 1 atom stereocenters. The van der Waals surface area contributed by atoms with Crippen LogP contribution in [0.4, 0.5) is 5.69 Å². The molecule has 6 nitrogen and oxygen atoms in total. The molecule has 1 amide bonds. The van der Waals surface area contributed by atoms with Gasteiger partial charge in [-0.05, 0) is 31.0 Å². The molecule has 22 heavy (non-hydrogen) atoms. The highest BCUT2D eigenvalue weighted by atomic mass is 32.2. The van der Waals surface area contributed by atoms with Gasteiger partial charge in [-0.2, -0.15) is 0 Å². The van der Waals surface area contributed by atoms with Crippen LogP contribution in [0.1, 0.15) is 18.9 Å². The number of hydrogen-bond acceptors (Lipinski definition) is 4. The lowest BCUT2D eigenvalue weighted by atomic mass is 10.1. The molecule has 7 heteroatoms. The van der Waals surface area contributed by atoms with E-state index in [0.717, 1.165) is 23.9 Å². The number of nitrogens with zero attached hydrogens (tertiary/aromatic N) is 1. The summed E-state index contributed by atoms with van der Waals surface area (Å²) >= 11 is 0. The quantitative estimate of drug-likeness (QED) is 0.738. The maximum Gasteiger partial charge on any atom is 0.221 e. The fourth-order valence-electron chi connectivity index (χ4n) is 2.03. The summed E-state index contributed by atoms with van der Waals surface area (Å²) in [6.07, 6.45) is 1.95. The Kier molecular flexibility index (Phi) is 6.83. The summed E-state index contributed by atoms with van der Waals surface area (Å²) < 4.78 is 24.1. The molecule has 0 unspecified atom stereocenters. The Labute approximate surface area is 132 Å². The van der Waals surface area contributed by atoms with Gasteiger partial charge in [-0.1, -0.05) is 12.1 Å². The highest BCUT2D eigenvalue weighted by molar-refractivity contribution is 7.88. The summed E-state index contributed by atoms with van der Waals surface area (Å²) in [5, 5.41) is 2.87. The number of sulfonamides is 1. The molecule has 1 rings (SSSR count). The smallest absolute Gasteiger partial charge is 0.221 e. The van der Waals surface area contributed by atoms with Crippen molar-refractivity contribution in [3.05, 3.63) is 29.8 Å². The fourth-order valence-corrected chi connectivity index (χ4v) is 2.50. The van der Waals surface area contributed by atoms with Crippen molar-refractivity contribution >= 4 is 21.6 Å². The van der Waals surface area contributed by atoms with Crippen molar-refractivity contribution in [3.8, 4) is 0 Å². The highest BCUT2D eigenvalue weighted by Crippen LogP contribution is 2.13. The van der Waals surface area contributed by atoms with Gasteiger partial charge in [-0.25, -0.2) is 13.1 Å². The van der Waals surface area contributed by atoms with Gasteiger partial charge in [0.05, 0.1) is 6.26 Å². The lowest BCUT2D eigenvalue weighted by molar-refractivity contribution is -0.121. The minimum absolute atomic E-state index is 0.00376. The fraction of sp³-hybridized carbons (Fsp3) is 0.533. The van der Waals surface area contributed by atoms with Crippen LogP contribution in [0, 0.1) is 0 Å². The average Bonchev–Trinajstić information content (AvgIpc) is 2.37. The van der Waals surface area contributed by atoms with Crippen LogP contribution in [-0.4, -0.2) is 47.3 Å². The molecule has 0 aliphatic heterocycles. The first kappa shape index (κ1) is 18.4. The van der Waals surface area contributed by atoms with Crippen molar-refractivity contribution in [1.29, 1.82) is 0 Å². The lowest BCUT2D eigenvalue weighted by Gasteiger charge is -2.16. The molecule has 0 heterocycles. The molecule has 1 aromatic carbocycles. The van der Waals surface area contributed by atoms with Gasteiger partial charge in [0.25, 0.3) is 0 Å². The second-order valence-corrected chi connectivity index (χ2v) is 7.48. The molecule has 0 spiro atoms. The van der Waals surface area contributed by atoms with E-state index in [1.165, 1.54) is 0 Å². The molecule has 0 aliphatic rings. The van der Waals surface area contributed by atoms with Crippen molar-refractivity contribution in [2.75, 3.05) is 31.8 Å². The molecule has 0 aromatic heterocycles. The predicted molar refractivity (Wildman–Crippen MR) is 89.5 cm³/mol. The van der Waals surface area contributed by atoms with Crippen molar-refractivity contribution in [2.24, 2.45) is 0 Å². The third-order valence-electron chi connectivity index (χ3n) is 3.12. The lowest BCUT2D eigenvalue weighted by Crippen LogP contribution is -2.36. The second-order valence-electron chi connectivity index (χ2n) is 5.65. The normalized spacial score (nSPS) is 12.7. The molecule has 0 saturated heterocycles. The van der Waals surface area contributed by atoms with Crippen LogP contribution < -0.4 is 14.9 Å². The number of hydrogen-bond donors (Lipinski definition) is 2. The predicted octanol–water partition coefficient (Wildman–Crippen LogP) is 0.739. The maximum absolute atomic E-state index is 11.7. The van der Waals surface area contributed by atoms with E-state index in [1.807, 2.05) is 50.2 Å². The summed E-state index contributed by atoms with van der Waals surface area (Å²) in [5.41, 5.74) is 2.28. The molecule has 0 radical (unpaired) electrons. The van der Waals surface area contributed by atoms with Crippen molar-refractivity contribution in [1.82, 2.24) is 10.0 Å². The number of carbonyl (C=O) groups excluding carboxylic acids is 1. The minimum atomic E-state index is -3.24. The van der Waals surface area contributed by atoms with E-state index in [0.29, 0.717) is 0 Å². The Morgan fingerprint density at radius 1 is 1.23 bits per heavy atom. The Morgan fingerprint density at radius 2 is 1.82 bits per heavy atom. The number of carbonyl (C=O) groups is 1. The monoisotopic (exact) mass is 327 g/mol. The molecular formula is C15H25N3O3S. The summed E-state index contributed by atoms with van der Waals surface area (Å²) in [5.74, 6) is -0.159. The molecule has 1 aromatic rings. The summed E-state index contributed by atoms with van der Waals surface area (Å²) in [4.78, 5) is 13.8. The van der Waals surface area contributed by atoms with Gasteiger partial charge in [-0.3, -0.25) is 4.79 Å². The van der Waals surface area contributed by atoms with Crippen molar-refractivity contribution in [2.45, 2.75) is 25.8 Å². The van der Waals surface area contributed by atoms with Crippen molar-refractivity contribution in [3.63, 3.8) is 0 Å². The van der Waals surface area contributed by atoms with Crippen LogP contribution in [0.2, 0.25) is 0 Å². The van der Waals surface area contributed by atoms with E-state index < -0.39 is 10.0 Å². The van der Waals surface area contributed by atoms with E-state index in [-0.39, 0.29) is 24.9 Å². The maximum atomic E-state index is 11.7. The number of anilines is 1. The summed E-state index contributed by atoms with van der Waals surface area (Å²) in [6.45, 7) is 2.05. The minimum Gasteiger partial charge on any atom is -0.378 e. The number of rotatable bonds is 8. The van der Waals surface area contributed by atoms with Crippen LogP contribution in [0.25, 0.3) is 0 Å². The van der Waals surface area contributed by atoms with E-state index in [2.05, 4.69) is 10.0 Å². The third kappa shape index (κ3) is 7.42. The Morgan fingerprint density at radius 3 is 2.32 bits per heavy atom. The van der Waals surface area contributed by atoms with Gasteiger partial charge < -0.3 is 10.2 Å². The Hall–Kier alpha value is -1.60. The number of amides is 1. The highest BCUT2D eigenvalue weighted by Gasteiger charge is 2.09. The topological polar surface area (TPSA) is 78.5 Å². The molecule has 0 bridgehead atoms. The SMILES string of the molecule is C[C@@H](Cc1ccc(N(C)C)cc1)NC(=O)CCNS(C)(=O)=O. The average molecular weight is 327 g/mol. The van der Waals surface area contributed by atoms with Crippen LogP contribution >= 0.6 is 0 Å². The van der Waals surface area contributed by atoms with Crippen LogP contribution in [0.3, 0.4) is 0 Å². The molecule has 0 saturated carbocycles. The van der Waals surface area contributed by atoms with Crippen LogP contribution in [0.5, 0.6) is 0 Å². The van der Waals surface area contributed by atoms with Crippen LogP contribution in [-0.2, 0) is 21.2 Å². The molecule has 0 aliphatic carbocycles. The zero-order chi connectivity index (χ0) is 16.8. The zero-order valence-electron chi connectivity index (χ0n) is 13.6. The molecular weight excluding hydrogens is 302 g/mol. The third-order valence-corrected chi connectivity index (χ3v) is 3.85. The first-order valence-corrected chi connectivity index (χ1v) is 9.07. The number of nitrogens with one attached hydrogen (secondary N) is 2. The second kappa shape index (κ2) is 8.14. The molecule has 124 valence electrons. The molecule has 0 fully saturated rings. The van der Waals surface area contributed by atoms with E-state index in [1.54, 1.807) is 0 Å². The standard InChI is InChI=1S/C15H25N3O3S/c1-12(17-15(19)9-10-16-22(4,20)21)11-13-5-7-14(8-6-13)18(2)3/h5-8,12,16H,9-11H2,1-4H3,(H,17,19)/t12-/m0/s1. The Bertz CT molecular complexity index is 583. The summed E-state index contributed by atoms with van der Waals surface area (Å²) in [7, 11) is 0.735. The number of benzene rings is 1. The van der Waals surface area contributed by atoms with Gasteiger partial charge in [0.15, 0.2) is 0 Å². The van der Waals surface area contributed by atoms with Gasteiger partial charge in [-0.15, -0.1) is 0 Å².